The highest BCUT2D eigenvalue weighted by Crippen LogP contribution is 2.27. The van der Waals surface area contributed by atoms with E-state index in [4.69, 9.17) is 0 Å². The molecule has 1 heterocycles. The fourth-order valence-electron chi connectivity index (χ4n) is 3.61. The van der Waals surface area contributed by atoms with Crippen LogP contribution in [0.3, 0.4) is 0 Å². The minimum atomic E-state index is -1.09. The summed E-state index contributed by atoms with van der Waals surface area (Å²) in [5.74, 6) is -0.944. The summed E-state index contributed by atoms with van der Waals surface area (Å²) in [5.41, 5.74) is 2.10. The van der Waals surface area contributed by atoms with Crippen LogP contribution >= 0.6 is 0 Å². The maximum atomic E-state index is 13.2. The van der Waals surface area contributed by atoms with E-state index in [-0.39, 0.29) is 18.2 Å². The predicted octanol–water partition coefficient (Wildman–Crippen LogP) is 2.89. The highest BCUT2D eigenvalue weighted by molar-refractivity contribution is 6.20. The van der Waals surface area contributed by atoms with Crippen molar-refractivity contribution < 1.29 is 14.4 Å². The smallest absolute Gasteiger partial charge is 0.272 e. The fourth-order valence-corrected chi connectivity index (χ4v) is 3.61. The van der Waals surface area contributed by atoms with Crippen LogP contribution in [0.5, 0.6) is 0 Å². The molecule has 0 fully saturated rings. The van der Waals surface area contributed by atoms with Crippen molar-refractivity contribution >= 4 is 29.1 Å². The molecule has 3 rings (SSSR count). The summed E-state index contributed by atoms with van der Waals surface area (Å²) in [6.07, 6.45) is -0.335. The predicted molar refractivity (Wildman–Crippen MR) is 126 cm³/mol. The lowest BCUT2D eigenvalue weighted by molar-refractivity contribution is -0.135. The molecule has 0 aromatic heterocycles. The van der Waals surface area contributed by atoms with Gasteiger partial charge in [0.1, 0.15) is 0 Å². The van der Waals surface area contributed by atoms with E-state index in [1.165, 1.54) is 4.90 Å². The molecule has 7 heteroatoms. The van der Waals surface area contributed by atoms with Gasteiger partial charge in [0.25, 0.3) is 5.91 Å². The Bertz CT molecular complexity index is 1030. The van der Waals surface area contributed by atoms with Crippen molar-refractivity contribution in [1.82, 2.24) is 10.6 Å². The van der Waals surface area contributed by atoms with Crippen LogP contribution in [0.15, 0.2) is 59.6 Å². The van der Waals surface area contributed by atoms with Crippen molar-refractivity contribution in [2.45, 2.75) is 39.8 Å². The minimum Gasteiger partial charge on any atom is -0.356 e. The summed E-state index contributed by atoms with van der Waals surface area (Å²) in [5, 5.41) is 5.57. The number of aliphatic imine (C=N–C) groups is 1. The number of fused-ring (bicyclic) bond motifs is 1. The van der Waals surface area contributed by atoms with E-state index in [0.29, 0.717) is 12.3 Å². The Kier molecular flexibility index (Phi) is 7.08. The summed E-state index contributed by atoms with van der Waals surface area (Å²) < 4.78 is 0. The molecule has 0 bridgehead atoms. The largest absolute Gasteiger partial charge is 0.356 e. The molecule has 3 amide bonds. The van der Waals surface area contributed by atoms with Crippen LogP contribution in [0.4, 0.5) is 5.69 Å². The molecular formula is C25H30N4O3. The molecule has 168 valence electrons. The van der Waals surface area contributed by atoms with Gasteiger partial charge in [-0.15, -0.1) is 0 Å². The van der Waals surface area contributed by atoms with Crippen molar-refractivity contribution in [3.05, 3.63) is 65.7 Å². The first-order valence-electron chi connectivity index (χ1n) is 10.8. The average molecular weight is 435 g/mol. The third-order valence-corrected chi connectivity index (χ3v) is 5.44. The molecule has 1 aliphatic heterocycles. The van der Waals surface area contributed by atoms with Gasteiger partial charge in [-0.25, -0.2) is 4.99 Å². The van der Waals surface area contributed by atoms with E-state index < -0.39 is 17.5 Å². The summed E-state index contributed by atoms with van der Waals surface area (Å²) in [4.78, 5) is 44.6. The van der Waals surface area contributed by atoms with Gasteiger partial charge in [0, 0.05) is 31.1 Å². The van der Waals surface area contributed by atoms with Gasteiger partial charge in [0.15, 0.2) is 0 Å². The summed E-state index contributed by atoms with van der Waals surface area (Å²) in [6, 6.07) is 17.1. The highest BCUT2D eigenvalue weighted by Gasteiger charge is 2.34. The van der Waals surface area contributed by atoms with E-state index in [2.05, 4.69) is 15.6 Å². The van der Waals surface area contributed by atoms with Crippen molar-refractivity contribution in [3.8, 4) is 0 Å². The Morgan fingerprint density at radius 3 is 2.41 bits per heavy atom. The Labute approximate surface area is 188 Å². The maximum absolute atomic E-state index is 13.2. The lowest BCUT2D eigenvalue weighted by Crippen LogP contribution is -2.48. The van der Waals surface area contributed by atoms with Crippen molar-refractivity contribution in [2.24, 2.45) is 10.4 Å². The average Bonchev–Trinajstić information content (AvgIpc) is 2.88. The molecule has 0 saturated carbocycles. The first-order valence-corrected chi connectivity index (χ1v) is 10.8. The Hall–Kier alpha value is -3.48. The number of amides is 3. The Balaban J connectivity index is 1.90. The van der Waals surface area contributed by atoms with Gasteiger partial charge in [-0.1, -0.05) is 69.3 Å². The lowest BCUT2D eigenvalue weighted by atomic mass is 9.87. The molecule has 7 nitrogen and oxygen atoms in total. The van der Waals surface area contributed by atoms with Crippen molar-refractivity contribution in [2.75, 3.05) is 18.5 Å². The second kappa shape index (κ2) is 9.77. The highest BCUT2D eigenvalue weighted by atomic mass is 16.2. The zero-order chi connectivity index (χ0) is 23.3. The standard InChI is InChI=1S/C25H30N4O3/c1-5-15-26-24(32)25(2,3)16-20(30)27-22-23(31)29(4)19-14-10-9-13-18(19)21(28-22)17-11-7-6-8-12-17/h6-14,22H,5,15-16H2,1-4H3,(H,26,32)(H,27,30)/t22-/m0/s1. The minimum absolute atomic E-state index is 0.0564. The quantitative estimate of drug-likeness (QED) is 0.702. The van der Waals surface area contributed by atoms with Gasteiger partial charge in [-0.2, -0.15) is 0 Å². The molecule has 1 aliphatic rings. The fraction of sp³-hybridized carbons (Fsp3) is 0.360. The van der Waals surface area contributed by atoms with Gasteiger partial charge in [0.2, 0.25) is 18.0 Å². The van der Waals surface area contributed by atoms with Crippen molar-refractivity contribution in [3.63, 3.8) is 0 Å². The number of carbonyl (C=O) groups is 3. The number of nitrogens with zero attached hydrogens (tertiary/aromatic N) is 2. The van der Waals surface area contributed by atoms with Gasteiger partial charge >= 0.3 is 0 Å². The molecule has 2 aromatic rings. The van der Waals surface area contributed by atoms with Gasteiger partial charge < -0.3 is 15.5 Å². The number of para-hydroxylation sites is 1. The van der Waals surface area contributed by atoms with Crippen LogP contribution in [0.25, 0.3) is 0 Å². The van der Waals surface area contributed by atoms with Gasteiger partial charge in [-0.05, 0) is 12.5 Å². The number of benzodiazepines with no additional fused rings is 1. The number of hydrogen-bond acceptors (Lipinski definition) is 4. The molecule has 1 atom stereocenters. The molecule has 0 spiro atoms. The zero-order valence-electron chi connectivity index (χ0n) is 19.0. The Morgan fingerprint density at radius 1 is 1.06 bits per heavy atom. The number of hydrogen-bond donors (Lipinski definition) is 2. The van der Waals surface area contributed by atoms with E-state index in [0.717, 1.165) is 23.2 Å². The van der Waals surface area contributed by atoms with E-state index in [1.807, 2.05) is 61.5 Å². The second-order valence-corrected chi connectivity index (χ2v) is 8.54. The summed E-state index contributed by atoms with van der Waals surface area (Å²) in [7, 11) is 1.67. The number of rotatable bonds is 7. The van der Waals surface area contributed by atoms with E-state index >= 15 is 0 Å². The van der Waals surface area contributed by atoms with E-state index in [1.54, 1.807) is 20.9 Å². The number of carbonyl (C=O) groups excluding carboxylic acids is 3. The SMILES string of the molecule is CCCNC(=O)C(C)(C)CC(=O)N[C@H]1N=C(c2ccccc2)c2ccccc2N(C)C1=O. The maximum Gasteiger partial charge on any atom is 0.272 e. The monoisotopic (exact) mass is 434 g/mol. The molecule has 2 aromatic carbocycles. The molecule has 0 unspecified atom stereocenters. The summed E-state index contributed by atoms with van der Waals surface area (Å²) >= 11 is 0. The molecular weight excluding hydrogens is 404 g/mol. The van der Waals surface area contributed by atoms with Crippen LogP contribution in [0, 0.1) is 5.41 Å². The zero-order valence-corrected chi connectivity index (χ0v) is 19.0. The molecule has 0 saturated heterocycles. The topological polar surface area (TPSA) is 90.9 Å². The number of nitrogens with one attached hydrogen (secondary N) is 2. The molecule has 0 radical (unpaired) electrons. The van der Waals surface area contributed by atoms with Gasteiger partial charge in [0.05, 0.1) is 16.8 Å². The molecule has 32 heavy (non-hydrogen) atoms. The van der Waals surface area contributed by atoms with Crippen molar-refractivity contribution in [1.29, 1.82) is 0 Å². The number of likely N-dealkylation sites (N-methyl/N-ethyl adjacent to an activating group) is 1. The number of benzene rings is 2. The van der Waals surface area contributed by atoms with E-state index in [9.17, 15) is 14.4 Å². The Morgan fingerprint density at radius 2 is 1.72 bits per heavy atom. The first-order chi connectivity index (χ1) is 15.2. The van der Waals surface area contributed by atoms with Gasteiger partial charge in [-0.3, -0.25) is 14.4 Å². The van der Waals surface area contributed by atoms with Crippen LogP contribution in [0.2, 0.25) is 0 Å². The molecule has 2 N–H and O–H groups in total. The third kappa shape index (κ3) is 5.04. The van der Waals surface area contributed by atoms with Crippen LogP contribution in [-0.2, 0) is 14.4 Å². The second-order valence-electron chi connectivity index (χ2n) is 8.54. The number of anilines is 1. The summed E-state index contributed by atoms with van der Waals surface area (Å²) in [6.45, 7) is 5.95. The molecule has 0 aliphatic carbocycles. The lowest BCUT2D eigenvalue weighted by Gasteiger charge is -2.25. The van der Waals surface area contributed by atoms with Crippen LogP contribution in [-0.4, -0.2) is 43.2 Å². The first kappa shape index (κ1) is 23.2. The van der Waals surface area contributed by atoms with Crippen LogP contribution < -0.4 is 15.5 Å². The third-order valence-electron chi connectivity index (χ3n) is 5.44. The normalized spacial score (nSPS) is 16.0. The van der Waals surface area contributed by atoms with Crippen LogP contribution in [0.1, 0.15) is 44.7 Å².